The van der Waals surface area contributed by atoms with Crippen molar-refractivity contribution in [2.75, 3.05) is 7.11 Å². The summed E-state index contributed by atoms with van der Waals surface area (Å²) in [5.74, 6) is -0.710. The van der Waals surface area contributed by atoms with Gasteiger partial charge in [0.05, 0.1) is 13.5 Å². The minimum Gasteiger partial charge on any atom is -0.497 e. The van der Waals surface area contributed by atoms with Gasteiger partial charge in [-0.15, -0.1) is 0 Å². The van der Waals surface area contributed by atoms with Crippen LogP contribution in [0.1, 0.15) is 30.5 Å². The molecule has 1 aromatic rings. The van der Waals surface area contributed by atoms with Crippen LogP contribution in [0.2, 0.25) is 0 Å². The Morgan fingerprint density at radius 3 is 2.14 bits per heavy atom. The number of aryl methyl sites for hydroxylation is 2. The summed E-state index contributed by atoms with van der Waals surface area (Å²) in [6, 6.07) is 2.87. The number of hydrogen-bond donors (Lipinski definition) is 2. The maximum Gasteiger partial charge on any atom is 0.326 e. The van der Waals surface area contributed by atoms with Gasteiger partial charge in [-0.2, -0.15) is 0 Å². The van der Waals surface area contributed by atoms with Gasteiger partial charge in [-0.3, -0.25) is 4.79 Å². The van der Waals surface area contributed by atoms with E-state index >= 15 is 0 Å². The summed E-state index contributed by atoms with van der Waals surface area (Å²) in [7, 11) is 1.60. The number of hydrogen-bond acceptors (Lipinski definition) is 3. The first-order valence-corrected chi connectivity index (χ1v) is 6.92. The highest BCUT2D eigenvalue weighted by Gasteiger charge is 2.23. The third kappa shape index (κ3) is 4.48. The molecule has 0 spiro atoms. The number of carbonyl (C=O) groups excluding carboxylic acids is 1. The molecule has 2 N–H and O–H groups in total. The lowest BCUT2D eigenvalue weighted by atomic mass is 9.98. The molecule has 0 bridgehead atoms. The molecule has 1 aromatic carbocycles. The van der Waals surface area contributed by atoms with E-state index in [2.05, 4.69) is 5.32 Å². The van der Waals surface area contributed by atoms with Gasteiger partial charge in [0.15, 0.2) is 0 Å². The number of rotatable bonds is 6. The fraction of sp³-hybridized carbons (Fsp3) is 0.500. The molecule has 0 aliphatic rings. The van der Waals surface area contributed by atoms with Gasteiger partial charge >= 0.3 is 5.97 Å². The molecule has 0 aromatic heterocycles. The highest BCUT2D eigenvalue weighted by molar-refractivity contribution is 5.85. The van der Waals surface area contributed by atoms with E-state index in [1.165, 1.54) is 0 Å². The van der Waals surface area contributed by atoms with Crippen LogP contribution in [0.5, 0.6) is 5.75 Å². The smallest absolute Gasteiger partial charge is 0.326 e. The van der Waals surface area contributed by atoms with E-state index in [0.717, 1.165) is 22.4 Å². The van der Waals surface area contributed by atoms with Crippen LogP contribution in [0.25, 0.3) is 0 Å². The molecule has 1 atom stereocenters. The lowest BCUT2D eigenvalue weighted by Gasteiger charge is -2.19. The van der Waals surface area contributed by atoms with E-state index in [0.29, 0.717) is 0 Å². The summed E-state index contributed by atoms with van der Waals surface area (Å²) < 4.78 is 5.19. The number of amides is 1. The molecular weight excluding hydrogens is 270 g/mol. The number of aliphatic carboxylic acids is 1. The van der Waals surface area contributed by atoms with Crippen LogP contribution >= 0.6 is 0 Å². The second-order valence-electron chi connectivity index (χ2n) is 5.54. The monoisotopic (exact) mass is 293 g/mol. The Bertz CT molecular complexity index is 514. The molecule has 0 aliphatic heterocycles. The van der Waals surface area contributed by atoms with Crippen molar-refractivity contribution in [3.63, 3.8) is 0 Å². The molecule has 0 saturated heterocycles. The molecule has 1 amide bonds. The van der Waals surface area contributed by atoms with Crippen molar-refractivity contribution < 1.29 is 19.4 Å². The number of methoxy groups -OCH3 is 1. The summed E-state index contributed by atoms with van der Waals surface area (Å²) in [6.07, 6.45) is 0.165. The molecule has 1 rings (SSSR count). The fourth-order valence-corrected chi connectivity index (χ4v) is 2.25. The second kappa shape index (κ2) is 7.11. The van der Waals surface area contributed by atoms with E-state index in [1.54, 1.807) is 21.0 Å². The number of carboxylic acids is 1. The summed E-state index contributed by atoms with van der Waals surface area (Å²) >= 11 is 0. The van der Waals surface area contributed by atoms with Gasteiger partial charge in [-0.05, 0) is 48.6 Å². The van der Waals surface area contributed by atoms with E-state index < -0.39 is 12.0 Å². The molecule has 0 radical (unpaired) electrons. The van der Waals surface area contributed by atoms with Crippen molar-refractivity contribution in [2.24, 2.45) is 5.92 Å². The highest BCUT2D eigenvalue weighted by atomic mass is 16.5. The van der Waals surface area contributed by atoms with E-state index in [4.69, 9.17) is 9.84 Å². The molecular formula is C16H23NO4. The topological polar surface area (TPSA) is 75.6 Å². The van der Waals surface area contributed by atoms with Gasteiger partial charge in [0, 0.05) is 0 Å². The first-order chi connectivity index (χ1) is 9.76. The third-order valence-electron chi connectivity index (χ3n) is 3.49. The van der Waals surface area contributed by atoms with Gasteiger partial charge in [-0.1, -0.05) is 13.8 Å². The van der Waals surface area contributed by atoms with Gasteiger partial charge in [0.1, 0.15) is 11.8 Å². The zero-order valence-corrected chi connectivity index (χ0v) is 13.2. The van der Waals surface area contributed by atoms with E-state index in [9.17, 15) is 9.59 Å². The van der Waals surface area contributed by atoms with Crippen LogP contribution < -0.4 is 10.1 Å². The number of nitrogens with one attached hydrogen (secondary N) is 1. The summed E-state index contributed by atoms with van der Waals surface area (Å²) in [5.41, 5.74) is 2.82. The summed E-state index contributed by atoms with van der Waals surface area (Å²) in [5, 5.41) is 11.7. The van der Waals surface area contributed by atoms with Crippen LogP contribution in [0.15, 0.2) is 12.1 Å². The van der Waals surface area contributed by atoms with Crippen LogP contribution in [0.3, 0.4) is 0 Å². The normalized spacial score (nSPS) is 12.1. The molecule has 5 nitrogen and oxygen atoms in total. The van der Waals surface area contributed by atoms with Gasteiger partial charge < -0.3 is 15.2 Å². The maximum absolute atomic E-state index is 12.1. The SMILES string of the molecule is COc1cc(C)c(CC(=O)NC(C(=O)O)C(C)C)c(C)c1. The standard InChI is InChI=1S/C16H23NO4/c1-9(2)15(16(19)20)17-14(18)8-13-10(3)6-12(21-5)7-11(13)4/h6-7,9,15H,8H2,1-5H3,(H,17,18)(H,19,20). The van der Waals surface area contributed by atoms with Crippen molar-refractivity contribution in [3.05, 3.63) is 28.8 Å². The predicted molar refractivity (Wildman–Crippen MR) is 80.6 cm³/mol. The Morgan fingerprint density at radius 2 is 1.76 bits per heavy atom. The molecule has 5 heteroatoms. The summed E-state index contributed by atoms with van der Waals surface area (Å²) in [4.78, 5) is 23.2. The van der Waals surface area contributed by atoms with E-state index in [-0.39, 0.29) is 18.2 Å². The zero-order chi connectivity index (χ0) is 16.2. The first-order valence-electron chi connectivity index (χ1n) is 6.92. The number of ether oxygens (including phenoxy) is 1. The van der Waals surface area contributed by atoms with Crippen molar-refractivity contribution in [1.82, 2.24) is 5.32 Å². The molecule has 0 fully saturated rings. The molecule has 0 aliphatic carbocycles. The zero-order valence-electron chi connectivity index (χ0n) is 13.2. The lowest BCUT2D eigenvalue weighted by Crippen LogP contribution is -2.45. The largest absolute Gasteiger partial charge is 0.497 e. The number of benzene rings is 1. The minimum atomic E-state index is -1.01. The Labute approximate surface area is 125 Å². The van der Waals surface area contributed by atoms with Crippen LogP contribution in [0.4, 0.5) is 0 Å². The third-order valence-corrected chi connectivity index (χ3v) is 3.49. The first kappa shape index (κ1) is 17.0. The van der Waals surface area contributed by atoms with Crippen LogP contribution in [-0.2, 0) is 16.0 Å². The Morgan fingerprint density at radius 1 is 1.24 bits per heavy atom. The average Bonchev–Trinajstić information content (AvgIpc) is 2.39. The summed E-state index contributed by atoms with van der Waals surface area (Å²) in [6.45, 7) is 7.36. The quantitative estimate of drug-likeness (QED) is 0.842. The Balaban J connectivity index is 2.86. The number of carbonyl (C=O) groups is 2. The maximum atomic E-state index is 12.1. The van der Waals surface area contributed by atoms with E-state index in [1.807, 2.05) is 26.0 Å². The predicted octanol–water partition coefficient (Wildman–Crippen LogP) is 2.08. The van der Waals surface area contributed by atoms with Crippen LogP contribution in [-0.4, -0.2) is 30.1 Å². The lowest BCUT2D eigenvalue weighted by molar-refractivity contribution is -0.143. The van der Waals surface area contributed by atoms with Gasteiger partial charge in [0.25, 0.3) is 0 Å². The molecule has 116 valence electrons. The second-order valence-corrected chi connectivity index (χ2v) is 5.54. The van der Waals surface area contributed by atoms with Crippen molar-refractivity contribution in [1.29, 1.82) is 0 Å². The minimum absolute atomic E-state index is 0.162. The van der Waals surface area contributed by atoms with Crippen LogP contribution in [0, 0.1) is 19.8 Å². The molecule has 21 heavy (non-hydrogen) atoms. The van der Waals surface area contributed by atoms with Crippen molar-refractivity contribution >= 4 is 11.9 Å². The van der Waals surface area contributed by atoms with Gasteiger partial charge in [0.2, 0.25) is 5.91 Å². The van der Waals surface area contributed by atoms with Crippen molar-refractivity contribution in [2.45, 2.75) is 40.2 Å². The Hall–Kier alpha value is -2.04. The molecule has 0 heterocycles. The fourth-order valence-electron chi connectivity index (χ4n) is 2.25. The highest BCUT2D eigenvalue weighted by Crippen LogP contribution is 2.22. The van der Waals surface area contributed by atoms with Crippen molar-refractivity contribution in [3.8, 4) is 5.75 Å². The molecule has 1 unspecified atom stereocenters. The Kier molecular flexibility index (Phi) is 5.76. The number of carboxylic acid groups (broad SMARTS) is 1. The molecule has 0 saturated carbocycles. The average molecular weight is 293 g/mol. The van der Waals surface area contributed by atoms with Gasteiger partial charge in [-0.25, -0.2) is 4.79 Å².